The van der Waals surface area contributed by atoms with Crippen LogP contribution in [0.1, 0.15) is 42.1 Å². The van der Waals surface area contributed by atoms with Crippen LogP contribution in [-0.2, 0) is 4.79 Å². The SMILES string of the molecule is CCCOc1ccc(C(=O)CCC(=O)Nc2cccc(Cl)c2C)cc1. The second kappa shape index (κ2) is 9.23. The molecule has 0 unspecified atom stereocenters. The number of anilines is 1. The minimum absolute atomic E-state index is 0.0694. The van der Waals surface area contributed by atoms with Crippen molar-refractivity contribution in [2.75, 3.05) is 11.9 Å². The fraction of sp³-hybridized carbons (Fsp3) is 0.300. The van der Waals surface area contributed by atoms with E-state index in [1.807, 2.05) is 13.8 Å². The first-order chi connectivity index (χ1) is 12.0. The Bertz CT molecular complexity index is 741. The minimum atomic E-state index is -0.207. The zero-order valence-corrected chi connectivity index (χ0v) is 15.2. The molecule has 0 aliphatic carbocycles. The minimum Gasteiger partial charge on any atom is -0.494 e. The summed E-state index contributed by atoms with van der Waals surface area (Å²) in [6, 6.07) is 12.3. The average molecular weight is 360 g/mol. The number of hydrogen-bond donors (Lipinski definition) is 1. The summed E-state index contributed by atoms with van der Waals surface area (Å²) >= 11 is 6.03. The number of Topliss-reactive ketones (excluding diaryl/α,β-unsaturated/α-hetero) is 1. The molecule has 1 amide bonds. The Balaban J connectivity index is 1.86. The van der Waals surface area contributed by atoms with Crippen molar-refractivity contribution < 1.29 is 14.3 Å². The molecule has 0 radical (unpaired) electrons. The Morgan fingerprint density at radius 3 is 2.48 bits per heavy atom. The summed E-state index contributed by atoms with van der Waals surface area (Å²) in [5, 5.41) is 3.39. The number of carbonyl (C=O) groups is 2. The van der Waals surface area contributed by atoms with Gasteiger partial charge in [0.2, 0.25) is 5.91 Å². The van der Waals surface area contributed by atoms with Gasteiger partial charge in [-0.1, -0.05) is 24.6 Å². The molecule has 0 heterocycles. The van der Waals surface area contributed by atoms with Crippen molar-refractivity contribution >= 4 is 29.0 Å². The summed E-state index contributed by atoms with van der Waals surface area (Å²) in [6.07, 6.45) is 1.21. The molecule has 5 heteroatoms. The van der Waals surface area contributed by atoms with Gasteiger partial charge in [-0.25, -0.2) is 0 Å². The lowest BCUT2D eigenvalue weighted by molar-refractivity contribution is -0.116. The van der Waals surface area contributed by atoms with E-state index in [1.54, 1.807) is 42.5 Å². The van der Waals surface area contributed by atoms with Gasteiger partial charge in [-0.05, 0) is 55.3 Å². The van der Waals surface area contributed by atoms with Crippen LogP contribution in [0, 0.1) is 6.92 Å². The lowest BCUT2D eigenvalue weighted by Gasteiger charge is -2.09. The van der Waals surface area contributed by atoms with Crippen molar-refractivity contribution in [3.05, 3.63) is 58.6 Å². The highest BCUT2D eigenvalue weighted by molar-refractivity contribution is 6.31. The highest BCUT2D eigenvalue weighted by Gasteiger charge is 2.11. The second-order valence-electron chi connectivity index (χ2n) is 5.76. The molecule has 25 heavy (non-hydrogen) atoms. The van der Waals surface area contributed by atoms with Gasteiger partial charge in [0.25, 0.3) is 0 Å². The first kappa shape index (κ1) is 19.0. The van der Waals surface area contributed by atoms with Gasteiger partial charge in [0.1, 0.15) is 5.75 Å². The Morgan fingerprint density at radius 1 is 1.08 bits per heavy atom. The average Bonchev–Trinajstić information content (AvgIpc) is 2.62. The molecule has 0 saturated carbocycles. The van der Waals surface area contributed by atoms with Crippen molar-refractivity contribution in [1.82, 2.24) is 0 Å². The van der Waals surface area contributed by atoms with Crippen LogP contribution in [0.4, 0.5) is 5.69 Å². The van der Waals surface area contributed by atoms with Gasteiger partial charge >= 0.3 is 0 Å². The topological polar surface area (TPSA) is 55.4 Å². The lowest BCUT2D eigenvalue weighted by Crippen LogP contribution is -2.14. The monoisotopic (exact) mass is 359 g/mol. The number of hydrogen-bond acceptors (Lipinski definition) is 3. The Labute approximate surface area is 153 Å². The van der Waals surface area contributed by atoms with Crippen molar-refractivity contribution in [2.24, 2.45) is 0 Å². The number of rotatable bonds is 8. The summed E-state index contributed by atoms with van der Waals surface area (Å²) in [7, 11) is 0. The molecule has 0 aliphatic heterocycles. The molecular weight excluding hydrogens is 338 g/mol. The molecule has 0 fully saturated rings. The van der Waals surface area contributed by atoms with Gasteiger partial charge < -0.3 is 10.1 Å². The highest BCUT2D eigenvalue weighted by Crippen LogP contribution is 2.23. The molecular formula is C20H22ClNO3. The molecule has 2 aromatic rings. The van der Waals surface area contributed by atoms with E-state index in [0.717, 1.165) is 17.7 Å². The molecule has 1 N–H and O–H groups in total. The van der Waals surface area contributed by atoms with Crippen LogP contribution >= 0.6 is 11.6 Å². The van der Waals surface area contributed by atoms with Crippen LogP contribution in [0.25, 0.3) is 0 Å². The Kier molecular flexibility index (Phi) is 7.02. The number of carbonyl (C=O) groups excluding carboxylic acids is 2. The second-order valence-corrected chi connectivity index (χ2v) is 6.16. The number of amides is 1. The van der Waals surface area contributed by atoms with E-state index in [0.29, 0.717) is 22.9 Å². The van der Waals surface area contributed by atoms with Crippen LogP contribution in [0.2, 0.25) is 5.02 Å². The van der Waals surface area contributed by atoms with Gasteiger partial charge in [-0.2, -0.15) is 0 Å². The van der Waals surface area contributed by atoms with E-state index in [2.05, 4.69) is 5.32 Å². The highest BCUT2D eigenvalue weighted by atomic mass is 35.5. The molecule has 0 atom stereocenters. The van der Waals surface area contributed by atoms with E-state index in [4.69, 9.17) is 16.3 Å². The molecule has 0 spiro atoms. The van der Waals surface area contributed by atoms with Crippen molar-refractivity contribution in [3.8, 4) is 5.75 Å². The number of ether oxygens (including phenoxy) is 1. The molecule has 4 nitrogen and oxygen atoms in total. The van der Waals surface area contributed by atoms with Crippen LogP contribution < -0.4 is 10.1 Å². The molecule has 2 rings (SSSR count). The van der Waals surface area contributed by atoms with Crippen LogP contribution in [-0.4, -0.2) is 18.3 Å². The third-order valence-electron chi connectivity index (χ3n) is 3.77. The number of halogens is 1. The Hall–Kier alpha value is -2.33. The molecule has 0 aliphatic rings. The third-order valence-corrected chi connectivity index (χ3v) is 4.18. The first-order valence-corrected chi connectivity index (χ1v) is 8.70. The standard InChI is InChI=1S/C20H22ClNO3/c1-3-13-25-16-9-7-15(8-10-16)19(23)11-12-20(24)22-18-6-4-5-17(21)14(18)2/h4-10H,3,11-13H2,1-2H3,(H,22,24). The van der Waals surface area contributed by atoms with E-state index in [9.17, 15) is 9.59 Å². The zero-order valence-electron chi connectivity index (χ0n) is 14.5. The molecule has 0 saturated heterocycles. The quantitative estimate of drug-likeness (QED) is 0.672. The van der Waals surface area contributed by atoms with Crippen molar-refractivity contribution in [2.45, 2.75) is 33.1 Å². The first-order valence-electron chi connectivity index (χ1n) is 8.32. The predicted octanol–water partition coefficient (Wildman–Crippen LogP) is 5.04. The fourth-order valence-electron chi connectivity index (χ4n) is 2.28. The summed E-state index contributed by atoms with van der Waals surface area (Å²) in [5.74, 6) is 0.467. The van der Waals surface area contributed by atoms with Crippen LogP contribution in [0.5, 0.6) is 5.75 Å². The van der Waals surface area contributed by atoms with E-state index >= 15 is 0 Å². The Morgan fingerprint density at radius 2 is 1.80 bits per heavy atom. The van der Waals surface area contributed by atoms with E-state index < -0.39 is 0 Å². The molecule has 2 aromatic carbocycles. The maximum Gasteiger partial charge on any atom is 0.224 e. The van der Waals surface area contributed by atoms with Gasteiger partial charge in [-0.3, -0.25) is 9.59 Å². The van der Waals surface area contributed by atoms with Gasteiger partial charge in [0.05, 0.1) is 6.61 Å². The van der Waals surface area contributed by atoms with Gasteiger partial charge in [0, 0.05) is 29.1 Å². The lowest BCUT2D eigenvalue weighted by atomic mass is 10.1. The zero-order chi connectivity index (χ0) is 18.2. The summed E-state index contributed by atoms with van der Waals surface area (Å²) in [6.45, 7) is 4.52. The maximum atomic E-state index is 12.2. The number of benzene rings is 2. The van der Waals surface area contributed by atoms with Gasteiger partial charge in [-0.15, -0.1) is 0 Å². The summed E-state index contributed by atoms with van der Waals surface area (Å²) in [5.41, 5.74) is 2.06. The van der Waals surface area contributed by atoms with Crippen LogP contribution in [0.3, 0.4) is 0 Å². The molecule has 0 aromatic heterocycles. The number of ketones is 1. The van der Waals surface area contributed by atoms with Crippen molar-refractivity contribution in [3.63, 3.8) is 0 Å². The maximum absolute atomic E-state index is 12.2. The molecule has 132 valence electrons. The summed E-state index contributed by atoms with van der Waals surface area (Å²) < 4.78 is 5.49. The van der Waals surface area contributed by atoms with Crippen molar-refractivity contribution in [1.29, 1.82) is 0 Å². The third kappa shape index (κ3) is 5.61. The van der Waals surface area contributed by atoms with Gasteiger partial charge in [0.15, 0.2) is 5.78 Å². The predicted molar refractivity (Wildman–Crippen MR) is 101 cm³/mol. The largest absolute Gasteiger partial charge is 0.494 e. The number of nitrogens with one attached hydrogen (secondary N) is 1. The van der Waals surface area contributed by atoms with Crippen LogP contribution in [0.15, 0.2) is 42.5 Å². The summed E-state index contributed by atoms with van der Waals surface area (Å²) in [4.78, 5) is 24.3. The molecule has 0 bridgehead atoms. The normalized spacial score (nSPS) is 10.4. The van der Waals surface area contributed by atoms with E-state index in [1.165, 1.54) is 0 Å². The smallest absolute Gasteiger partial charge is 0.224 e. The van der Waals surface area contributed by atoms with E-state index in [-0.39, 0.29) is 24.5 Å². The fourth-order valence-corrected chi connectivity index (χ4v) is 2.46.